The van der Waals surface area contributed by atoms with Crippen LogP contribution in [0.3, 0.4) is 0 Å². The van der Waals surface area contributed by atoms with E-state index in [1.54, 1.807) is 45.4 Å². The van der Waals surface area contributed by atoms with Crippen LogP contribution in [0.4, 0.5) is 0 Å². The first-order chi connectivity index (χ1) is 17.0. The molecule has 0 aromatic rings. The van der Waals surface area contributed by atoms with Crippen molar-refractivity contribution >= 4 is 51.2 Å². The molecular formula is C24H38N4O6S2. The van der Waals surface area contributed by atoms with Crippen molar-refractivity contribution < 1.29 is 28.7 Å². The van der Waals surface area contributed by atoms with Crippen molar-refractivity contribution in [2.45, 2.75) is 84.5 Å². The molecule has 2 saturated heterocycles. The van der Waals surface area contributed by atoms with Gasteiger partial charge in [-0.25, -0.2) is 4.79 Å². The minimum absolute atomic E-state index is 0.0305. The van der Waals surface area contributed by atoms with Crippen LogP contribution >= 0.6 is 21.6 Å². The molecule has 36 heavy (non-hydrogen) atoms. The molecule has 2 rings (SSSR count). The number of carbonyl (C=O) groups excluding carboxylic acids is 5. The summed E-state index contributed by atoms with van der Waals surface area (Å²) in [7, 11) is 3.03. The number of fused-ring (bicyclic) bond motifs is 7. The topological polar surface area (TPSA) is 143 Å². The van der Waals surface area contributed by atoms with Gasteiger partial charge in [-0.3, -0.25) is 19.2 Å². The maximum absolute atomic E-state index is 13.2. The highest BCUT2D eigenvalue weighted by molar-refractivity contribution is 8.76. The highest BCUT2D eigenvalue weighted by Gasteiger charge is 2.34. The first-order valence-electron chi connectivity index (χ1n) is 12.4. The van der Waals surface area contributed by atoms with E-state index in [-0.39, 0.29) is 29.7 Å². The first kappa shape index (κ1) is 30.0. The van der Waals surface area contributed by atoms with Gasteiger partial charge in [0.05, 0.1) is 6.42 Å². The zero-order valence-corrected chi connectivity index (χ0v) is 23.2. The van der Waals surface area contributed by atoms with Crippen LogP contribution < -0.4 is 21.3 Å². The molecule has 0 radical (unpaired) electrons. The molecule has 12 heteroatoms. The highest BCUT2D eigenvalue weighted by atomic mass is 33.1. The van der Waals surface area contributed by atoms with Crippen molar-refractivity contribution in [1.29, 1.82) is 0 Å². The smallest absolute Gasteiger partial charge is 0.329 e. The fraction of sp³-hybridized carbons (Fsp3) is 0.708. The average molecular weight is 543 g/mol. The molecule has 4 amide bonds. The van der Waals surface area contributed by atoms with Crippen LogP contribution in [0.1, 0.15) is 60.3 Å². The number of carbonyl (C=O) groups is 5. The van der Waals surface area contributed by atoms with Crippen molar-refractivity contribution in [2.24, 2.45) is 11.8 Å². The van der Waals surface area contributed by atoms with E-state index in [1.807, 2.05) is 0 Å². The zero-order valence-electron chi connectivity index (χ0n) is 21.6. The standard InChI is InChI=1S/C24H38N4O6S2/c1-6-16-21(30)28-20(14(4)5)24(33)34-15-9-7-8-10-35-36-12-17(22(31)25-16)26-23(32)19(13(2)3)27-18(29)11-15/h6,13-15,17,19-20H,7-12H2,1-5H3,(H,25,31)(H,26,32)(H,27,29)(H,28,30)/b16-6+/t15-,17-,19-,20-/m1/s1. The molecule has 0 aliphatic carbocycles. The van der Waals surface area contributed by atoms with E-state index in [0.29, 0.717) is 6.42 Å². The third-order valence-electron chi connectivity index (χ3n) is 5.91. The maximum atomic E-state index is 13.2. The van der Waals surface area contributed by atoms with Crippen LogP contribution in [0.15, 0.2) is 11.8 Å². The summed E-state index contributed by atoms with van der Waals surface area (Å²) in [5, 5.41) is 10.8. The lowest BCUT2D eigenvalue weighted by atomic mass is 10.0. The molecule has 0 saturated carbocycles. The van der Waals surface area contributed by atoms with E-state index >= 15 is 0 Å². The third-order valence-corrected chi connectivity index (χ3v) is 8.41. The maximum Gasteiger partial charge on any atom is 0.329 e. The first-order valence-corrected chi connectivity index (χ1v) is 14.8. The summed E-state index contributed by atoms with van der Waals surface area (Å²) in [6, 6.07) is -2.79. The van der Waals surface area contributed by atoms with E-state index in [2.05, 4.69) is 21.3 Å². The monoisotopic (exact) mass is 542 g/mol. The molecule has 0 spiro atoms. The van der Waals surface area contributed by atoms with Crippen molar-refractivity contribution in [3.05, 3.63) is 11.8 Å². The quantitative estimate of drug-likeness (QED) is 0.234. The molecule has 0 aromatic carbocycles. The molecular weight excluding hydrogens is 504 g/mol. The van der Waals surface area contributed by atoms with Crippen molar-refractivity contribution in [1.82, 2.24) is 21.3 Å². The van der Waals surface area contributed by atoms with Crippen LogP contribution in [0.25, 0.3) is 0 Å². The minimum Gasteiger partial charge on any atom is -0.460 e. The van der Waals surface area contributed by atoms with Gasteiger partial charge >= 0.3 is 5.97 Å². The van der Waals surface area contributed by atoms with E-state index in [9.17, 15) is 24.0 Å². The van der Waals surface area contributed by atoms with Gasteiger partial charge in [-0.2, -0.15) is 0 Å². The van der Waals surface area contributed by atoms with Crippen LogP contribution in [0.2, 0.25) is 0 Å². The van der Waals surface area contributed by atoms with E-state index in [4.69, 9.17) is 4.74 Å². The van der Waals surface area contributed by atoms with Gasteiger partial charge in [0.15, 0.2) is 0 Å². The summed E-state index contributed by atoms with van der Waals surface area (Å²) < 4.78 is 5.74. The predicted molar refractivity (Wildman–Crippen MR) is 141 cm³/mol. The molecule has 2 fully saturated rings. The van der Waals surface area contributed by atoms with E-state index in [0.717, 1.165) is 18.6 Å². The minimum atomic E-state index is -0.969. The molecule has 4 N–H and O–H groups in total. The Balaban J connectivity index is 2.52. The zero-order chi connectivity index (χ0) is 26.8. The highest BCUT2D eigenvalue weighted by Crippen LogP contribution is 2.25. The van der Waals surface area contributed by atoms with Gasteiger partial charge in [0.1, 0.15) is 29.9 Å². The summed E-state index contributed by atoms with van der Waals surface area (Å²) in [6.07, 6.45) is 2.68. The van der Waals surface area contributed by atoms with Crippen LogP contribution in [-0.4, -0.2) is 65.3 Å². The van der Waals surface area contributed by atoms with Gasteiger partial charge < -0.3 is 26.0 Å². The normalized spacial score (nSPS) is 29.2. The lowest BCUT2D eigenvalue weighted by Crippen LogP contribution is -2.57. The van der Waals surface area contributed by atoms with Crippen molar-refractivity contribution in [3.63, 3.8) is 0 Å². The number of ether oxygens (including phenoxy) is 1. The van der Waals surface area contributed by atoms with E-state index in [1.165, 1.54) is 16.9 Å². The predicted octanol–water partition coefficient (Wildman–Crippen LogP) is 1.65. The van der Waals surface area contributed by atoms with Crippen molar-refractivity contribution in [2.75, 3.05) is 11.5 Å². The van der Waals surface area contributed by atoms with Gasteiger partial charge in [0, 0.05) is 11.5 Å². The fourth-order valence-corrected chi connectivity index (χ4v) is 6.07. The second-order valence-corrected chi connectivity index (χ2v) is 12.2. The largest absolute Gasteiger partial charge is 0.460 e. The van der Waals surface area contributed by atoms with Gasteiger partial charge in [0.25, 0.3) is 5.91 Å². The average Bonchev–Trinajstić information content (AvgIpc) is 2.81. The Morgan fingerprint density at radius 2 is 1.58 bits per heavy atom. The second-order valence-electron chi connectivity index (χ2n) is 9.60. The van der Waals surface area contributed by atoms with Gasteiger partial charge in [-0.05, 0) is 38.0 Å². The van der Waals surface area contributed by atoms with Crippen LogP contribution in [0.5, 0.6) is 0 Å². The lowest BCUT2D eigenvalue weighted by molar-refractivity contribution is -0.156. The Labute approximate surface area is 220 Å². The number of hydrogen-bond acceptors (Lipinski definition) is 8. The van der Waals surface area contributed by atoms with E-state index < -0.39 is 53.8 Å². The molecule has 2 aliphatic heterocycles. The molecule has 2 heterocycles. The Hall–Kier alpha value is -2.21. The van der Waals surface area contributed by atoms with Gasteiger partial charge in [-0.1, -0.05) is 55.4 Å². The number of hydrogen-bond donors (Lipinski definition) is 4. The summed E-state index contributed by atoms with van der Waals surface area (Å²) in [5.41, 5.74) is -0.0305. The number of nitrogens with one attached hydrogen (secondary N) is 4. The summed E-state index contributed by atoms with van der Waals surface area (Å²) >= 11 is 0. The Morgan fingerprint density at radius 3 is 2.22 bits per heavy atom. The molecule has 202 valence electrons. The van der Waals surface area contributed by atoms with Gasteiger partial charge in [-0.15, -0.1) is 0 Å². The number of amides is 4. The summed E-state index contributed by atoms with van der Waals surface area (Å²) in [4.78, 5) is 65.3. The summed E-state index contributed by atoms with van der Waals surface area (Å²) in [6.45, 7) is 8.73. The molecule has 2 bridgehead atoms. The van der Waals surface area contributed by atoms with Crippen LogP contribution in [0, 0.1) is 11.8 Å². The molecule has 0 aromatic heterocycles. The molecule has 2 aliphatic rings. The number of rotatable bonds is 2. The number of esters is 1. The fourth-order valence-electron chi connectivity index (χ4n) is 3.76. The van der Waals surface area contributed by atoms with Crippen molar-refractivity contribution in [3.8, 4) is 0 Å². The Morgan fingerprint density at radius 1 is 0.889 bits per heavy atom. The van der Waals surface area contributed by atoms with Crippen LogP contribution in [-0.2, 0) is 28.7 Å². The second kappa shape index (κ2) is 14.5. The molecule has 0 unspecified atom stereocenters. The molecule has 4 atom stereocenters. The SMILES string of the molecule is C/C=C1/NC(=O)[C@H]2CSSCCCC[C@H](CC(=O)N[C@H](C(C)C)C(=O)N2)OC(=O)[C@@H](C(C)C)NC1=O. The Bertz CT molecular complexity index is 864. The summed E-state index contributed by atoms with van der Waals surface area (Å²) in [5.74, 6) is -2.24. The Kier molecular flexibility index (Phi) is 12.1. The van der Waals surface area contributed by atoms with Gasteiger partial charge in [0.2, 0.25) is 17.7 Å². The lowest BCUT2D eigenvalue weighted by Gasteiger charge is -2.28. The number of allylic oxidation sites excluding steroid dienone is 1. The third kappa shape index (κ3) is 9.02. The molecule has 10 nitrogen and oxygen atoms in total.